The minimum Gasteiger partial charge on any atom is -0.508 e. The van der Waals surface area contributed by atoms with Gasteiger partial charge in [-0.25, -0.2) is 4.79 Å². The van der Waals surface area contributed by atoms with Crippen LogP contribution in [0.1, 0.15) is 41.0 Å². The molecule has 0 aromatic heterocycles. The Balaban J connectivity index is 1.10. The number of hydrogen-bond acceptors (Lipinski definition) is 10. The summed E-state index contributed by atoms with van der Waals surface area (Å²) < 4.78 is 5.57. The minimum atomic E-state index is -2.66. The van der Waals surface area contributed by atoms with Crippen LogP contribution in [0.25, 0.3) is 16.9 Å². The van der Waals surface area contributed by atoms with Crippen molar-refractivity contribution in [2.24, 2.45) is 17.6 Å². The molecule has 1 saturated carbocycles. The van der Waals surface area contributed by atoms with Gasteiger partial charge in [-0.05, 0) is 70.9 Å². The highest BCUT2D eigenvalue weighted by atomic mass is 32.1. The molecule has 3 atom stereocenters. The van der Waals surface area contributed by atoms with E-state index in [9.17, 15) is 39.6 Å². The molecule has 0 saturated heterocycles. The van der Waals surface area contributed by atoms with Crippen LogP contribution in [0.4, 0.5) is 10.5 Å². The molecular formula is C35H29N3O9S. The molecule has 0 spiro atoms. The lowest BCUT2D eigenvalue weighted by Crippen LogP contribution is -2.58. The van der Waals surface area contributed by atoms with Gasteiger partial charge in [-0.15, -0.1) is 0 Å². The number of nitrogens with two attached hydrogens (primary N) is 1. The third kappa shape index (κ3) is 4.65. The van der Waals surface area contributed by atoms with Crippen LogP contribution in [0.15, 0.2) is 77.6 Å². The average molecular weight is 668 g/mol. The van der Waals surface area contributed by atoms with Crippen molar-refractivity contribution in [3.05, 3.63) is 99.8 Å². The third-order valence-electron chi connectivity index (χ3n) is 9.75. The van der Waals surface area contributed by atoms with E-state index in [1.54, 1.807) is 0 Å². The van der Waals surface area contributed by atoms with E-state index in [0.29, 0.717) is 11.3 Å². The molecule has 244 valence electrons. The third-order valence-corrected chi connectivity index (χ3v) is 9.96. The molecule has 3 aromatic carbocycles. The molecular weight excluding hydrogens is 638 g/mol. The topological polar surface area (TPSA) is 209 Å². The van der Waals surface area contributed by atoms with E-state index in [2.05, 4.69) is 10.6 Å². The number of ether oxygens (including phenoxy) is 1. The van der Waals surface area contributed by atoms with Gasteiger partial charge in [-0.2, -0.15) is 0 Å². The molecule has 4 aliphatic carbocycles. The molecule has 7 rings (SSSR count). The van der Waals surface area contributed by atoms with E-state index in [1.165, 1.54) is 12.1 Å². The highest BCUT2D eigenvalue weighted by Crippen LogP contribution is 2.53. The molecule has 4 aliphatic rings. The number of fused-ring (bicyclic) bond motifs is 6. The Kier molecular flexibility index (Phi) is 7.33. The Morgan fingerprint density at radius 2 is 1.60 bits per heavy atom. The molecule has 0 heterocycles. The van der Waals surface area contributed by atoms with Crippen LogP contribution in [-0.4, -0.2) is 61.3 Å². The molecule has 3 unspecified atom stereocenters. The first-order valence-corrected chi connectivity index (χ1v) is 15.6. The van der Waals surface area contributed by atoms with Crippen LogP contribution in [0.5, 0.6) is 5.75 Å². The Bertz CT molecular complexity index is 2010. The van der Waals surface area contributed by atoms with Gasteiger partial charge in [0, 0.05) is 29.5 Å². The summed E-state index contributed by atoms with van der Waals surface area (Å²) in [5, 5.41) is 49.4. The van der Waals surface area contributed by atoms with Gasteiger partial charge in [-0.1, -0.05) is 48.5 Å². The van der Waals surface area contributed by atoms with Gasteiger partial charge in [0.15, 0.2) is 16.5 Å². The molecule has 0 radical (unpaired) electrons. The first-order chi connectivity index (χ1) is 22.9. The molecule has 13 heteroatoms. The van der Waals surface area contributed by atoms with Crippen molar-refractivity contribution in [2.45, 2.75) is 30.8 Å². The predicted octanol–water partition coefficient (Wildman–Crippen LogP) is 3.66. The Morgan fingerprint density at radius 3 is 2.25 bits per heavy atom. The molecule has 0 aliphatic heterocycles. The second-order valence-corrected chi connectivity index (χ2v) is 12.7. The van der Waals surface area contributed by atoms with Crippen LogP contribution in [0, 0.1) is 11.8 Å². The lowest BCUT2D eigenvalue weighted by molar-refractivity contribution is -0.147. The van der Waals surface area contributed by atoms with Crippen molar-refractivity contribution in [2.75, 3.05) is 11.9 Å². The molecule has 2 amide bonds. The molecule has 1 fully saturated rings. The Morgan fingerprint density at radius 1 is 0.958 bits per heavy atom. The highest BCUT2D eigenvalue weighted by molar-refractivity contribution is 7.80. The van der Waals surface area contributed by atoms with Gasteiger partial charge in [0.05, 0.1) is 5.56 Å². The molecule has 12 nitrogen and oxygen atoms in total. The van der Waals surface area contributed by atoms with E-state index >= 15 is 0 Å². The largest absolute Gasteiger partial charge is 0.508 e. The average Bonchev–Trinajstić information content (AvgIpc) is 3.36. The van der Waals surface area contributed by atoms with Gasteiger partial charge in [0.25, 0.3) is 5.91 Å². The van der Waals surface area contributed by atoms with E-state index in [-0.39, 0.29) is 47.4 Å². The number of rotatable bonds is 4. The quantitative estimate of drug-likeness (QED) is 0.121. The summed E-state index contributed by atoms with van der Waals surface area (Å²) in [5.41, 5.74) is 6.27. The number of alkyl carbamates (subject to hydrolysis) is 1. The first-order valence-electron chi connectivity index (χ1n) is 15.2. The number of amides is 2. The summed E-state index contributed by atoms with van der Waals surface area (Å²) in [5.74, 6) is -7.36. The zero-order chi connectivity index (χ0) is 34.1. The fraction of sp³-hybridized carbons (Fsp3) is 0.229. The van der Waals surface area contributed by atoms with Crippen molar-refractivity contribution >= 4 is 52.3 Å². The smallest absolute Gasteiger partial charge is 0.413 e. The number of nitrogens with one attached hydrogen (secondary N) is 2. The van der Waals surface area contributed by atoms with Crippen LogP contribution in [0.2, 0.25) is 0 Å². The number of benzene rings is 3. The zero-order valence-electron chi connectivity index (χ0n) is 25.1. The number of aliphatic hydroxyl groups excluding tert-OH is 2. The maximum Gasteiger partial charge on any atom is 0.413 e. The SMILES string of the molecule is NC(=O)C1=C(O)C2(O)C(=O)C3=C(O)c4c(O)ccc(NC(=S)NC(=O)OCC5c6ccccc6-c6ccccc65)c4CC3CC2CC1=O. The highest BCUT2D eigenvalue weighted by Gasteiger charge is 2.60. The monoisotopic (exact) mass is 667 g/mol. The summed E-state index contributed by atoms with van der Waals surface area (Å²) in [4.78, 5) is 51.0. The summed E-state index contributed by atoms with van der Waals surface area (Å²) in [6, 6.07) is 18.6. The summed E-state index contributed by atoms with van der Waals surface area (Å²) >= 11 is 5.38. The number of phenolic OH excluding ortho intramolecular Hbond substituents is 1. The number of hydrogen-bond donors (Lipinski definition) is 7. The molecule has 8 N–H and O–H groups in total. The minimum absolute atomic E-state index is 0.0273. The van der Waals surface area contributed by atoms with Crippen LogP contribution >= 0.6 is 12.2 Å². The van der Waals surface area contributed by atoms with Crippen molar-refractivity contribution in [1.29, 1.82) is 0 Å². The first kappa shape index (κ1) is 31.1. The fourth-order valence-electron chi connectivity index (χ4n) is 7.62. The van der Waals surface area contributed by atoms with Crippen molar-refractivity contribution in [3.63, 3.8) is 0 Å². The van der Waals surface area contributed by atoms with Crippen LogP contribution in [0.3, 0.4) is 0 Å². The number of carbonyl (C=O) groups is 4. The van der Waals surface area contributed by atoms with Crippen LogP contribution < -0.4 is 16.4 Å². The number of ketones is 2. The van der Waals surface area contributed by atoms with Gasteiger partial charge in [0.2, 0.25) is 5.78 Å². The van der Waals surface area contributed by atoms with Gasteiger partial charge < -0.3 is 36.2 Å². The molecule has 48 heavy (non-hydrogen) atoms. The number of aliphatic hydroxyl groups is 3. The molecule has 3 aromatic rings. The summed E-state index contributed by atoms with van der Waals surface area (Å²) in [6.07, 6.45) is -1.20. The summed E-state index contributed by atoms with van der Waals surface area (Å²) in [6.45, 7) is 0.0654. The lowest BCUT2D eigenvalue weighted by atomic mass is 9.59. The number of Topliss-reactive ketones (excluding diaryl/α,β-unsaturated/α-hetero) is 2. The molecule has 0 bridgehead atoms. The number of anilines is 1. The van der Waals surface area contributed by atoms with Gasteiger partial charge in [0.1, 0.15) is 29.4 Å². The van der Waals surface area contributed by atoms with Crippen LogP contribution in [-0.2, 0) is 25.5 Å². The Hall–Kier alpha value is -5.53. The van der Waals surface area contributed by atoms with E-state index in [0.717, 1.165) is 22.3 Å². The van der Waals surface area contributed by atoms with Crippen molar-refractivity contribution in [1.82, 2.24) is 5.32 Å². The second-order valence-electron chi connectivity index (χ2n) is 12.3. The van der Waals surface area contributed by atoms with Crippen molar-refractivity contribution < 1.29 is 44.3 Å². The zero-order valence-corrected chi connectivity index (χ0v) is 26.0. The predicted molar refractivity (Wildman–Crippen MR) is 176 cm³/mol. The van der Waals surface area contributed by atoms with E-state index in [1.807, 2.05) is 48.5 Å². The number of aromatic hydroxyl groups is 1. The maximum absolute atomic E-state index is 13.7. The standard InChI is InChI=1S/C35H29N3O9S/c36-32(44)28-25(40)13-16-11-15-12-21-23(9-10-24(39)27(21)29(41)26(15)30(42)35(16,46)31(28)43)37-33(48)38-34(45)47-14-22-19-7-3-1-5-17(19)18-6-2-4-8-20(18)22/h1-10,15-16,22,39,41,43,46H,11-14H2,(H2,36,44)(H2,37,38,45,48). The number of thiocarbonyl (C=S) groups is 1. The normalized spacial score (nSPS) is 22.6. The van der Waals surface area contributed by atoms with Gasteiger partial charge in [-0.3, -0.25) is 19.7 Å². The van der Waals surface area contributed by atoms with E-state index < -0.39 is 64.5 Å². The fourth-order valence-corrected chi connectivity index (χ4v) is 7.81. The second kappa shape index (κ2) is 11.3. The Labute approximate surface area is 278 Å². The number of carbonyl (C=O) groups excluding carboxylic acids is 4. The van der Waals surface area contributed by atoms with Gasteiger partial charge >= 0.3 is 6.09 Å². The van der Waals surface area contributed by atoms with E-state index in [4.69, 9.17) is 22.7 Å². The maximum atomic E-state index is 13.7. The van der Waals surface area contributed by atoms with Crippen molar-refractivity contribution in [3.8, 4) is 16.9 Å². The summed E-state index contributed by atoms with van der Waals surface area (Å²) in [7, 11) is 0. The lowest BCUT2D eigenvalue weighted by Gasteiger charge is -2.46. The number of phenols is 1. The number of primary amides is 1.